The molecule has 5 heteroatoms. The van der Waals surface area contributed by atoms with E-state index in [9.17, 15) is 9.18 Å². The van der Waals surface area contributed by atoms with Crippen LogP contribution in [0.1, 0.15) is 15.9 Å². The number of methoxy groups -OCH3 is 1. The van der Waals surface area contributed by atoms with Crippen molar-refractivity contribution >= 4 is 28.3 Å². The average molecular weight is 304 g/mol. The topological polar surface area (TPSA) is 42.1 Å². The number of halogens is 2. The molecule has 1 N–H and O–H groups in total. The maximum atomic E-state index is 13.9. The van der Waals surface area contributed by atoms with Crippen molar-refractivity contribution in [3.05, 3.63) is 64.6 Å². The highest BCUT2D eigenvalue weighted by Crippen LogP contribution is 2.26. The fraction of sp³-hybridized carbons (Fsp3) is 0.0625. The molecule has 3 aromatic rings. The van der Waals surface area contributed by atoms with E-state index in [1.165, 1.54) is 12.1 Å². The van der Waals surface area contributed by atoms with Crippen molar-refractivity contribution in [3.63, 3.8) is 0 Å². The maximum absolute atomic E-state index is 13.9. The number of H-pyrrole nitrogens is 1. The van der Waals surface area contributed by atoms with Gasteiger partial charge in [-0.1, -0.05) is 11.6 Å². The van der Waals surface area contributed by atoms with Gasteiger partial charge in [-0.15, -0.1) is 0 Å². The molecule has 1 aromatic heterocycles. The fourth-order valence-electron chi connectivity index (χ4n) is 2.23. The van der Waals surface area contributed by atoms with Crippen LogP contribution >= 0.6 is 11.6 Å². The van der Waals surface area contributed by atoms with Gasteiger partial charge in [-0.2, -0.15) is 0 Å². The molecule has 0 aliphatic rings. The molecular formula is C16H11ClFNO2. The number of hydrogen-bond donors (Lipinski definition) is 1. The summed E-state index contributed by atoms with van der Waals surface area (Å²) in [5.74, 6) is -0.402. The zero-order valence-corrected chi connectivity index (χ0v) is 11.9. The molecule has 0 atom stereocenters. The van der Waals surface area contributed by atoms with E-state index in [-0.39, 0.29) is 10.6 Å². The molecule has 0 bridgehead atoms. The number of nitrogens with one attached hydrogen (secondary N) is 1. The monoisotopic (exact) mass is 303 g/mol. The summed E-state index contributed by atoms with van der Waals surface area (Å²) in [6, 6.07) is 9.35. The van der Waals surface area contributed by atoms with Crippen molar-refractivity contribution in [1.82, 2.24) is 4.98 Å². The Morgan fingerprint density at radius 1 is 1.19 bits per heavy atom. The van der Waals surface area contributed by atoms with Gasteiger partial charge < -0.3 is 9.72 Å². The van der Waals surface area contributed by atoms with Gasteiger partial charge in [-0.3, -0.25) is 4.79 Å². The van der Waals surface area contributed by atoms with Gasteiger partial charge in [0.2, 0.25) is 0 Å². The van der Waals surface area contributed by atoms with Crippen LogP contribution < -0.4 is 4.74 Å². The van der Waals surface area contributed by atoms with Crippen LogP contribution in [-0.4, -0.2) is 17.9 Å². The predicted octanol–water partition coefficient (Wildman–Crippen LogP) is 4.20. The van der Waals surface area contributed by atoms with Gasteiger partial charge >= 0.3 is 0 Å². The van der Waals surface area contributed by atoms with Gasteiger partial charge in [0.25, 0.3) is 0 Å². The number of rotatable bonds is 3. The smallest absolute Gasteiger partial charge is 0.198 e. The molecular weight excluding hydrogens is 293 g/mol. The normalized spacial score (nSPS) is 10.8. The third-order valence-corrected chi connectivity index (χ3v) is 3.54. The lowest BCUT2D eigenvalue weighted by Gasteiger charge is -2.03. The third kappa shape index (κ3) is 2.38. The molecule has 0 unspecified atom stereocenters. The van der Waals surface area contributed by atoms with Gasteiger partial charge in [0.1, 0.15) is 11.6 Å². The lowest BCUT2D eigenvalue weighted by molar-refractivity contribution is 0.103. The molecule has 1 heterocycles. The van der Waals surface area contributed by atoms with E-state index in [1.807, 2.05) is 6.07 Å². The van der Waals surface area contributed by atoms with Crippen LogP contribution in [0.3, 0.4) is 0 Å². The van der Waals surface area contributed by atoms with Gasteiger partial charge in [0.15, 0.2) is 5.78 Å². The van der Waals surface area contributed by atoms with Crippen molar-refractivity contribution in [1.29, 1.82) is 0 Å². The average Bonchev–Trinajstić information content (AvgIpc) is 2.89. The Hall–Kier alpha value is -2.33. The second kappa shape index (κ2) is 5.22. The van der Waals surface area contributed by atoms with Crippen molar-refractivity contribution in [2.45, 2.75) is 0 Å². The van der Waals surface area contributed by atoms with E-state index >= 15 is 0 Å². The van der Waals surface area contributed by atoms with Crippen LogP contribution in [-0.2, 0) is 0 Å². The summed E-state index contributed by atoms with van der Waals surface area (Å²) in [6.07, 6.45) is 1.57. The van der Waals surface area contributed by atoms with E-state index < -0.39 is 11.6 Å². The molecule has 0 aliphatic carbocycles. The summed E-state index contributed by atoms with van der Waals surface area (Å²) in [7, 11) is 1.55. The number of fused-ring (bicyclic) bond motifs is 1. The first kappa shape index (κ1) is 13.6. The van der Waals surface area contributed by atoms with Crippen molar-refractivity contribution in [2.75, 3.05) is 7.11 Å². The summed E-state index contributed by atoms with van der Waals surface area (Å²) >= 11 is 5.71. The quantitative estimate of drug-likeness (QED) is 0.737. The molecule has 0 saturated carbocycles. The van der Waals surface area contributed by atoms with Gasteiger partial charge in [0.05, 0.1) is 12.7 Å². The third-order valence-electron chi connectivity index (χ3n) is 3.31. The second-order valence-electron chi connectivity index (χ2n) is 4.57. The SMILES string of the molecule is COc1ccc2[nH]cc(C(=O)c3ccc(Cl)cc3F)c2c1. The molecule has 21 heavy (non-hydrogen) atoms. The molecule has 0 amide bonds. The minimum absolute atomic E-state index is 0.0110. The van der Waals surface area contributed by atoms with Crippen molar-refractivity contribution < 1.29 is 13.9 Å². The Balaban J connectivity index is 2.13. The molecule has 2 aromatic carbocycles. The molecule has 0 saturated heterocycles. The van der Waals surface area contributed by atoms with E-state index in [2.05, 4.69) is 4.98 Å². The summed E-state index contributed by atoms with van der Waals surface area (Å²) < 4.78 is 19.1. The standard InChI is InChI=1S/C16H11ClFNO2/c1-21-10-3-5-15-12(7-10)13(8-19-15)16(20)11-4-2-9(17)6-14(11)18/h2-8,19H,1H3. The molecule has 3 rings (SSSR count). The number of benzene rings is 2. The van der Waals surface area contributed by atoms with Gasteiger partial charge in [0, 0.05) is 27.7 Å². The van der Waals surface area contributed by atoms with E-state index in [0.29, 0.717) is 16.7 Å². The Bertz CT molecular complexity index is 841. The number of hydrogen-bond acceptors (Lipinski definition) is 2. The van der Waals surface area contributed by atoms with Crippen LogP contribution in [0.5, 0.6) is 5.75 Å². The van der Waals surface area contributed by atoms with Crippen LogP contribution in [0.15, 0.2) is 42.6 Å². The largest absolute Gasteiger partial charge is 0.497 e. The Kier molecular flexibility index (Phi) is 3.39. The zero-order valence-electron chi connectivity index (χ0n) is 11.1. The van der Waals surface area contributed by atoms with Crippen LogP contribution in [0.2, 0.25) is 5.02 Å². The fourth-order valence-corrected chi connectivity index (χ4v) is 2.39. The number of carbonyl (C=O) groups is 1. The Morgan fingerprint density at radius 2 is 2.00 bits per heavy atom. The minimum atomic E-state index is -0.634. The highest BCUT2D eigenvalue weighted by Gasteiger charge is 2.18. The summed E-state index contributed by atoms with van der Waals surface area (Å²) in [6.45, 7) is 0. The first-order valence-corrected chi connectivity index (χ1v) is 6.63. The number of aromatic amines is 1. The number of carbonyl (C=O) groups excluding carboxylic acids is 1. The summed E-state index contributed by atoms with van der Waals surface area (Å²) in [4.78, 5) is 15.5. The number of aromatic nitrogens is 1. The molecule has 0 aliphatic heterocycles. The summed E-state index contributed by atoms with van der Waals surface area (Å²) in [5, 5.41) is 0.943. The first-order valence-electron chi connectivity index (χ1n) is 6.25. The molecule has 3 nitrogen and oxygen atoms in total. The Labute approximate surface area is 125 Å². The van der Waals surface area contributed by atoms with Gasteiger partial charge in [-0.25, -0.2) is 4.39 Å². The second-order valence-corrected chi connectivity index (χ2v) is 5.00. The Morgan fingerprint density at radius 3 is 2.71 bits per heavy atom. The van der Waals surface area contributed by atoms with Gasteiger partial charge in [-0.05, 0) is 36.4 Å². The zero-order chi connectivity index (χ0) is 15.0. The first-order chi connectivity index (χ1) is 10.1. The minimum Gasteiger partial charge on any atom is -0.497 e. The lowest BCUT2D eigenvalue weighted by Crippen LogP contribution is -2.03. The lowest BCUT2D eigenvalue weighted by atomic mass is 10.0. The highest BCUT2D eigenvalue weighted by molar-refractivity contribution is 6.30. The van der Waals surface area contributed by atoms with Crippen molar-refractivity contribution in [2.24, 2.45) is 0 Å². The molecule has 0 spiro atoms. The summed E-state index contributed by atoms with van der Waals surface area (Å²) in [5.41, 5.74) is 1.17. The highest BCUT2D eigenvalue weighted by atomic mass is 35.5. The van der Waals surface area contributed by atoms with Crippen LogP contribution in [0, 0.1) is 5.82 Å². The molecule has 106 valence electrons. The molecule has 0 radical (unpaired) electrons. The van der Waals surface area contributed by atoms with Crippen LogP contribution in [0.4, 0.5) is 4.39 Å². The van der Waals surface area contributed by atoms with Crippen LogP contribution in [0.25, 0.3) is 10.9 Å². The predicted molar refractivity (Wildman–Crippen MR) is 79.7 cm³/mol. The van der Waals surface area contributed by atoms with E-state index in [4.69, 9.17) is 16.3 Å². The van der Waals surface area contributed by atoms with Crippen molar-refractivity contribution in [3.8, 4) is 5.75 Å². The molecule has 0 fully saturated rings. The maximum Gasteiger partial charge on any atom is 0.198 e. The van der Waals surface area contributed by atoms with E-state index in [0.717, 1.165) is 11.6 Å². The number of ether oxygens (including phenoxy) is 1. The number of ketones is 1. The van der Waals surface area contributed by atoms with E-state index in [1.54, 1.807) is 25.4 Å².